The summed E-state index contributed by atoms with van der Waals surface area (Å²) in [4.78, 5) is 14.2. The molecular weight excluding hydrogens is 269 g/mol. The first-order chi connectivity index (χ1) is 10.0. The molecule has 1 aliphatic rings. The lowest BCUT2D eigenvalue weighted by Crippen LogP contribution is -2.29. The fourth-order valence-electron chi connectivity index (χ4n) is 2.66. The van der Waals surface area contributed by atoms with Gasteiger partial charge in [-0.3, -0.25) is 4.79 Å². The second-order valence-corrected chi connectivity index (χ2v) is 5.92. The zero-order valence-electron chi connectivity index (χ0n) is 12.6. The van der Waals surface area contributed by atoms with Crippen molar-refractivity contribution < 1.29 is 9.18 Å². The van der Waals surface area contributed by atoms with Gasteiger partial charge in [0.05, 0.1) is 5.69 Å². The van der Waals surface area contributed by atoms with Crippen LogP contribution in [0.3, 0.4) is 0 Å². The second kappa shape index (κ2) is 7.41. The van der Waals surface area contributed by atoms with Gasteiger partial charge in [-0.05, 0) is 56.5 Å². The van der Waals surface area contributed by atoms with E-state index < -0.39 is 5.82 Å². The number of amides is 1. The minimum atomic E-state index is -0.457. The largest absolute Gasteiger partial charge is 0.399 e. The first-order valence-corrected chi connectivity index (χ1v) is 7.62. The predicted molar refractivity (Wildman–Crippen MR) is 83.5 cm³/mol. The molecule has 1 heterocycles. The molecule has 3 N–H and O–H groups in total. The van der Waals surface area contributed by atoms with E-state index in [0.29, 0.717) is 12.1 Å². The highest BCUT2D eigenvalue weighted by Gasteiger charge is 2.15. The van der Waals surface area contributed by atoms with Crippen LogP contribution in [0.4, 0.5) is 15.8 Å². The Bertz CT molecular complexity index is 492. The van der Waals surface area contributed by atoms with Crippen LogP contribution in [-0.4, -0.2) is 30.4 Å². The van der Waals surface area contributed by atoms with Crippen LogP contribution in [0.5, 0.6) is 0 Å². The Hall–Kier alpha value is -1.62. The first kappa shape index (κ1) is 15.8. The Morgan fingerprint density at radius 1 is 1.43 bits per heavy atom. The average molecular weight is 293 g/mol. The average Bonchev–Trinajstić information content (AvgIpc) is 2.65. The van der Waals surface area contributed by atoms with Crippen LogP contribution in [0, 0.1) is 11.7 Å². The highest BCUT2D eigenvalue weighted by Crippen LogP contribution is 2.18. The smallest absolute Gasteiger partial charge is 0.225 e. The van der Waals surface area contributed by atoms with Gasteiger partial charge in [-0.15, -0.1) is 0 Å². The number of nitrogens with two attached hydrogens (primary N) is 1. The molecule has 1 aromatic rings. The molecule has 1 saturated heterocycles. The van der Waals surface area contributed by atoms with E-state index in [1.165, 1.54) is 37.5 Å². The van der Waals surface area contributed by atoms with Crippen LogP contribution >= 0.6 is 0 Å². The van der Waals surface area contributed by atoms with Crippen molar-refractivity contribution in [2.45, 2.75) is 32.6 Å². The number of nitrogens with zero attached hydrogens (tertiary/aromatic N) is 1. The van der Waals surface area contributed by atoms with E-state index >= 15 is 0 Å². The van der Waals surface area contributed by atoms with Crippen molar-refractivity contribution in [1.29, 1.82) is 0 Å². The molecule has 1 aliphatic heterocycles. The number of halogens is 1. The highest BCUT2D eigenvalue weighted by atomic mass is 19.1. The van der Waals surface area contributed by atoms with E-state index in [0.717, 1.165) is 25.6 Å². The highest BCUT2D eigenvalue weighted by molar-refractivity contribution is 5.91. The summed E-state index contributed by atoms with van der Waals surface area (Å²) in [5.41, 5.74) is 6.19. The third-order valence-corrected chi connectivity index (χ3v) is 4.03. The molecule has 4 nitrogen and oxygen atoms in total. The maximum atomic E-state index is 13.5. The molecule has 0 aliphatic carbocycles. The third kappa shape index (κ3) is 5.01. The number of rotatable bonds is 4. The van der Waals surface area contributed by atoms with Gasteiger partial charge >= 0.3 is 0 Å². The summed E-state index contributed by atoms with van der Waals surface area (Å²) in [7, 11) is 0. The minimum absolute atomic E-state index is 0.157. The van der Waals surface area contributed by atoms with Crippen molar-refractivity contribution in [3.63, 3.8) is 0 Å². The molecule has 1 unspecified atom stereocenters. The summed E-state index contributed by atoms with van der Waals surface area (Å²) in [5.74, 6) is 0.142. The number of carbonyl (C=O) groups is 1. The van der Waals surface area contributed by atoms with Gasteiger partial charge < -0.3 is 16.0 Å². The molecule has 1 fully saturated rings. The molecule has 1 amide bonds. The lowest BCUT2D eigenvalue weighted by Gasteiger charge is -2.19. The van der Waals surface area contributed by atoms with Crippen LogP contribution in [0.25, 0.3) is 0 Å². The van der Waals surface area contributed by atoms with E-state index in [1.54, 1.807) is 0 Å². The lowest BCUT2D eigenvalue weighted by molar-refractivity contribution is -0.116. The monoisotopic (exact) mass is 293 g/mol. The van der Waals surface area contributed by atoms with Gasteiger partial charge in [-0.1, -0.05) is 6.92 Å². The Balaban J connectivity index is 1.80. The maximum absolute atomic E-state index is 13.5. The van der Waals surface area contributed by atoms with E-state index in [1.807, 2.05) is 0 Å². The number of likely N-dealkylation sites (tertiary alicyclic amines) is 1. The molecule has 2 rings (SSSR count). The molecule has 0 saturated carbocycles. The topological polar surface area (TPSA) is 58.4 Å². The Morgan fingerprint density at radius 3 is 3.05 bits per heavy atom. The maximum Gasteiger partial charge on any atom is 0.225 e. The Kier molecular flexibility index (Phi) is 5.56. The first-order valence-electron chi connectivity index (χ1n) is 7.62. The predicted octanol–water partition coefficient (Wildman–Crippen LogP) is 2.86. The van der Waals surface area contributed by atoms with E-state index in [2.05, 4.69) is 17.1 Å². The molecule has 21 heavy (non-hydrogen) atoms. The molecule has 5 heteroatoms. The van der Waals surface area contributed by atoms with Gasteiger partial charge in [0.25, 0.3) is 0 Å². The number of nitrogens with one attached hydrogen (secondary N) is 1. The standard InChI is InChI=1S/C16H24FN3O/c1-12-3-2-8-20(9-6-12)10-7-16(21)19-15-11-13(18)4-5-14(15)17/h4-5,11-12H,2-3,6-10,18H2,1H3,(H,19,21). The minimum Gasteiger partial charge on any atom is -0.399 e. The summed E-state index contributed by atoms with van der Waals surface area (Å²) >= 11 is 0. The van der Waals surface area contributed by atoms with Gasteiger partial charge in [0, 0.05) is 18.7 Å². The van der Waals surface area contributed by atoms with Gasteiger partial charge in [0.2, 0.25) is 5.91 Å². The fraction of sp³-hybridized carbons (Fsp3) is 0.562. The molecule has 0 bridgehead atoms. The third-order valence-electron chi connectivity index (χ3n) is 4.03. The Morgan fingerprint density at radius 2 is 2.24 bits per heavy atom. The normalized spacial score (nSPS) is 20.0. The molecular formula is C16H24FN3O. The summed E-state index contributed by atoms with van der Waals surface area (Å²) < 4.78 is 13.5. The molecule has 116 valence electrons. The lowest BCUT2D eigenvalue weighted by atomic mass is 10.0. The van der Waals surface area contributed by atoms with Crippen molar-refractivity contribution >= 4 is 17.3 Å². The van der Waals surface area contributed by atoms with Crippen LogP contribution in [0.1, 0.15) is 32.6 Å². The van der Waals surface area contributed by atoms with E-state index in [9.17, 15) is 9.18 Å². The van der Waals surface area contributed by atoms with Crippen molar-refractivity contribution in [2.24, 2.45) is 5.92 Å². The number of carbonyl (C=O) groups excluding carboxylic acids is 1. The zero-order chi connectivity index (χ0) is 15.2. The van der Waals surface area contributed by atoms with Crippen LogP contribution in [-0.2, 0) is 4.79 Å². The molecule has 1 aromatic carbocycles. The van der Waals surface area contributed by atoms with Crippen molar-refractivity contribution in [2.75, 3.05) is 30.7 Å². The molecule has 0 spiro atoms. The number of benzene rings is 1. The van der Waals surface area contributed by atoms with Crippen LogP contribution in [0.2, 0.25) is 0 Å². The number of hydrogen-bond acceptors (Lipinski definition) is 3. The van der Waals surface area contributed by atoms with Crippen molar-refractivity contribution in [3.05, 3.63) is 24.0 Å². The zero-order valence-corrected chi connectivity index (χ0v) is 12.6. The summed E-state index contributed by atoms with van der Waals surface area (Å²) in [5, 5.41) is 2.59. The van der Waals surface area contributed by atoms with Gasteiger partial charge in [-0.25, -0.2) is 4.39 Å². The number of hydrogen-bond donors (Lipinski definition) is 2. The van der Waals surface area contributed by atoms with E-state index in [-0.39, 0.29) is 11.6 Å². The summed E-state index contributed by atoms with van der Waals surface area (Å²) in [6, 6.07) is 4.19. The van der Waals surface area contributed by atoms with Crippen LogP contribution < -0.4 is 11.1 Å². The quantitative estimate of drug-likeness (QED) is 0.839. The van der Waals surface area contributed by atoms with Gasteiger partial charge in [0.1, 0.15) is 5.82 Å². The molecule has 0 aromatic heterocycles. The summed E-state index contributed by atoms with van der Waals surface area (Å²) in [6.45, 7) is 5.09. The Labute approximate surface area is 125 Å². The van der Waals surface area contributed by atoms with E-state index in [4.69, 9.17) is 5.73 Å². The fourth-order valence-corrected chi connectivity index (χ4v) is 2.66. The second-order valence-electron chi connectivity index (χ2n) is 5.92. The number of anilines is 2. The molecule has 0 radical (unpaired) electrons. The summed E-state index contributed by atoms with van der Waals surface area (Å²) in [6.07, 6.45) is 4.01. The molecule has 1 atom stereocenters. The SMILES string of the molecule is CC1CCCN(CCC(=O)Nc2cc(N)ccc2F)CC1. The number of nitrogen functional groups attached to an aromatic ring is 1. The van der Waals surface area contributed by atoms with Gasteiger partial charge in [-0.2, -0.15) is 0 Å². The van der Waals surface area contributed by atoms with Crippen LogP contribution in [0.15, 0.2) is 18.2 Å². The van der Waals surface area contributed by atoms with Crippen molar-refractivity contribution in [3.8, 4) is 0 Å². The van der Waals surface area contributed by atoms with Gasteiger partial charge in [0.15, 0.2) is 0 Å². The van der Waals surface area contributed by atoms with Crippen molar-refractivity contribution in [1.82, 2.24) is 4.90 Å².